The maximum absolute atomic E-state index is 5.36. The van der Waals surface area contributed by atoms with Crippen LogP contribution in [0.15, 0.2) is 23.3 Å². The van der Waals surface area contributed by atoms with Crippen molar-refractivity contribution in [2.45, 2.75) is 45.1 Å². The van der Waals surface area contributed by atoms with E-state index in [0.717, 1.165) is 22.5 Å². The van der Waals surface area contributed by atoms with E-state index in [0.29, 0.717) is 12.5 Å². The van der Waals surface area contributed by atoms with Crippen LogP contribution in [-0.2, 0) is 0 Å². The van der Waals surface area contributed by atoms with Crippen LogP contribution in [0.25, 0.3) is 0 Å². The Morgan fingerprint density at radius 2 is 2.19 bits per heavy atom. The molecule has 1 aromatic rings. The summed E-state index contributed by atoms with van der Waals surface area (Å²) in [6.07, 6.45) is 6.88. The molecule has 2 aliphatic rings. The molecule has 1 aliphatic carbocycles. The Morgan fingerprint density at radius 1 is 1.38 bits per heavy atom. The number of hydrogen-bond acceptors (Lipinski definition) is 5. The fraction of sp³-hybridized carbons (Fsp3) is 0.625. The third-order valence-corrected chi connectivity index (χ3v) is 5.45. The van der Waals surface area contributed by atoms with Crippen LogP contribution < -0.4 is 10.1 Å². The van der Waals surface area contributed by atoms with Crippen molar-refractivity contribution in [3.8, 4) is 5.88 Å². The minimum absolute atomic E-state index is 0.193. The lowest BCUT2D eigenvalue weighted by atomic mass is 9.79. The molecule has 4 nitrogen and oxygen atoms in total. The van der Waals surface area contributed by atoms with Crippen molar-refractivity contribution in [2.24, 2.45) is 10.9 Å². The number of pyridine rings is 1. The van der Waals surface area contributed by atoms with Crippen LogP contribution in [0.5, 0.6) is 5.88 Å². The quantitative estimate of drug-likeness (QED) is 0.918. The zero-order chi connectivity index (χ0) is 14.7. The average Bonchev–Trinajstić information content (AvgIpc) is 2.88. The first-order valence-corrected chi connectivity index (χ1v) is 8.76. The van der Waals surface area contributed by atoms with Crippen molar-refractivity contribution in [3.05, 3.63) is 18.3 Å². The van der Waals surface area contributed by atoms with Crippen molar-refractivity contribution in [2.75, 3.05) is 17.7 Å². The highest BCUT2D eigenvalue weighted by atomic mass is 32.2. The van der Waals surface area contributed by atoms with Crippen LogP contribution in [0.1, 0.15) is 39.5 Å². The monoisotopic (exact) mass is 305 g/mol. The summed E-state index contributed by atoms with van der Waals surface area (Å²) in [6.45, 7) is 4.95. The minimum Gasteiger partial charge on any atom is -0.478 e. The van der Waals surface area contributed by atoms with Gasteiger partial charge in [-0.3, -0.25) is 4.99 Å². The molecule has 0 atom stereocenters. The van der Waals surface area contributed by atoms with Gasteiger partial charge in [0, 0.05) is 11.8 Å². The number of ether oxygens (including phenoxy) is 1. The fourth-order valence-corrected chi connectivity index (χ4v) is 4.12. The molecule has 0 unspecified atom stereocenters. The summed E-state index contributed by atoms with van der Waals surface area (Å²) < 4.78 is 5.36. The SMILES string of the molecule is CCOc1ccc(NC2=NC3(CCC(C)CC3)CS2)cn1. The second-order valence-corrected chi connectivity index (χ2v) is 7.02. The van der Waals surface area contributed by atoms with Crippen LogP contribution in [-0.4, -0.2) is 28.1 Å². The molecule has 0 amide bonds. The van der Waals surface area contributed by atoms with Crippen molar-refractivity contribution in [3.63, 3.8) is 0 Å². The molecular weight excluding hydrogens is 282 g/mol. The number of rotatable bonds is 3. The highest BCUT2D eigenvalue weighted by Gasteiger charge is 2.38. The summed E-state index contributed by atoms with van der Waals surface area (Å²) in [5.41, 5.74) is 1.17. The zero-order valence-electron chi connectivity index (χ0n) is 12.8. The Morgan fingerprint density at radius 3 is 2.86 bits per heavy atom. The first-order chi connectivity index (χ1) is 10.2. The molecule has 1 spiro atoms. The highest BCUT2D eigenvalue weighted by Crippen LogP contribution is 2.41. The molecule has 0 saturated heterocycles. The summed E-state index contributed by atoms with van der Waals surface area (Å²) in [5, 5.41) is 4.43. The third-order valence-electron chi connectivity index (χ3n) is 4.30. The Balaban J connectivity index is 1.63. The molecule has 0 aromatic carbocycles. The van der Waals surface area contributed by atoms with Crippen molar-refractivity contribution >= 4 is 22.6 Å². The topological polar surface area (TPSA) is 46.5 Å². The first kappa shape index (κ1) is 14.7. The highest BCUT2D eigenvalue weighted by molar-refractivity contribution is 8.14. The van der Waals surface area contributed by atoms with Crippen LogP contribution in [0.4, 0.5) is 5.69 Å². The van der Waals surface area contributed by atoms with Crippen LogP contribution in [0.2, 0.25) is 0 Å². The van der Waals surface area contributed by atoms with Crippen molar-refractivity contribution < 1.29 is 4.74 Å². The van der Waals surface area contributed by atoms with Gasteiger partial charge in [0.1, 0.15) is 0 Å². The number of thioether (sulfide) groups is 1. The van der Waals surface area contributed by atoms with Crippen LogP contribution >= 0.6 is 11.8 Å². The van der Waals surface area contributed by atoms with E-state index >= 15 is 0 Å². The lowest BCUT2D eigenvalue weighted by molar-refractivity contribution is 0.273. The van der Waals surface area contributed by atoms with E-state index in [1.54, 1.807) is 0 Å². The predicted molar refractivity (Wildman–Crippen MR) is 89.3 cm³/mol. The van der Waals surface area contributed by atoms with Crippen molar-refractivity contribution in [1.29, 1.82) is 0 Å². The smallest absolute Gasteiger partial charge is 0.213 e. The lowest BCUT2D eigenvalue weighted by Crippen LogP contribution is -2.32. The van der Waals surface area contributed by atoms with Gasteiger partial charge in [0.25, 0.3) is 0 Å². The minimum atomic E-state index is 0.193. The van der Waals surface area contributed by atoms with E-state index in [1.165, 1.54) is 25.7 Å². The third kappa shape index (κ3) is 3.51. The molecular formula is C16H23N3OS. The molecule has 1 saturated carbocycles. The second kappa shape index (κ2) is 6.26. The molecule has 3 rings (SSSR count). The standard InChI is InChI=1S/C16H23N3OS/c1-3-20-14-5-4-13(10-17-14)18-15-19-16(11-21-15)8-6-12(2)7-9-16/h4-5,10,12H,3,6-9,11H2,1-2H3,(H,18,19). The molecule has 5 heteroatoms. The van der Waals surface area contributed by atoms with Gasteiger partial charge in [-0.25, -0.2) is 4.98 Å². The molecule has 1 N–H and O–H groups in total. The van der Waals surface area contributed by atoms with Crippen LogP contribution in [0.3, 0.4) is 0 Å². The Hall–Kier alpha value is -1.23. The largest absolute Gasteiger partial charge is 0.478 e. The second-order valence-electron chi connectivity index (χ2n) is 6.06. The maximum atomic E-state index is 5.36. The number of hydrogen-bond donors (Lipinski definition) is 1. The Labute approximate surface area is 130 Å². The summed E-state index contributed by atoms with van der Waals surface area (Å²) in [7, 11) is 0. The Bertz CT molecular complexity index is 507. The molecule has 21 heavy (non-hydrogen) atoms. The molecule has 1 aliphatic heterocycles. The lowest BCUT2D eigenvalue weighted by Gasteiger charge is -2.32. The van der Waals surface area contributed by atoms with Gasteiger partial charge in [-0.15, -0.1) is 0 Å². The first-order valence-electron chi connectivity index (χ1n) is 7.78. The molecule has 1 fully saturated rings. The van der Waals surface area contributed by atoms with Gasteiger partial charge in [0.15, 0.2) is 5.17 Å². The number of aromatic nitrogens is 1. The van der Waals surface area contributed by atoms with Gasteiger partial charge in [0.2, 0.25) is 5.88 Å². The summed E-state index contributed by atoms with van der Waals surface area (Å²) >= 11 is 1.84. The van der Waals surface area contributed by atoms with Crippen molar-refractivity contribution in [1.82, 2.24) is 4.98 Å². The zero-order valence-corrected chi connectivity index (χ0v) is 13.6. The number of amidine groups is 1. The fourth-order valence-electron chi connectivity index (χ4n) is 2.91. The van der Waals surface area contributed by atoms with E-state index in [4.69, 9.17) is 9.73 Å². The maximum Gasteiger partial charge on any atom is 0.213 e. The molecule has 114 valence electrons. The van der Waals surface area contributed by atoms with E-state index in [1.807, 2.05) is 37.0 Å². The average molecular weight is 305 g/mol. The normalized spacial score (nSPS) is 28.5. The van der Waals surface area contributed by atoms with Gasteiger partial charge in [0.05, 0.1) is 24.0 Å². The van der Waals surface area contributed by atoms with Gasteiger partial charge in [-0.2, -0.15) is 0 Å². The molecule has 2 heterocycles. The summed E-state index contributed by atoms with van der Waals surface area (Å²) in [6, 6.07) is 3.89. The van der Waals surface area contributed by atoms with E-state index in [9.17, 15) is 0 Å². The number of nitrogens with zero attached hydrogens (tertiary/aromatic N) is 2. The summed E-state index contributed by atoms with van der Waals surface area (Å²) in [4.78, 5) is 9.25. The van der Waals surface area contributed by atoms with E-state index in [-0.39, 0.29) is 5.54 Å². The number of nitrogens with one attached hydrogen (secondary N) is 1. The van der Waals surface area contributed by atoms with Crippen LogP contribution in [0, 0.1) is 5.92 Å². The predicted octanol–water partition coefficient (Wildman–Crippen LogP) is 3.94. The molecule has 1 aromatic heterocycles. The van der Waals surface area contributed by atoms with Gasteiger partial charge in [-0.05, 0) is 44.6 Å². The Kier molecular flexibility index (Phi) is 4.38. The number of anilines is 1. The van der Waals surface area contributed by atoms with Gasteiger partial charge >= 0.3 is 0 Å². The van der Waals surface area contributed by atoms with E-state index in [2.05, 4.69) is 17.2 Å². The van der Waals surface area contributed by atoms with Gasteiger partial charge < -0.3 is 10.1 Å². The van der Waals surface area contributed by atoms with E-state index < -0.39 is 0 Å². The molecule has 0 bridgehead atoms. The number of aliphatic imine (C=N–C) groups is 1. The summed E-state index contributed by atoms with van der Waals surface area (Å²) in [5.74, 6) is 2.65. The molecule has 0 radical (unpaired) electrons. The van der Waals surface area contributed by atoms with Gasteiger partial charge in [-0.1, -0.05) is 18.7 Å².